The number of hydrogen-bond donors (Lipinski definition) is 1. The molecule has 2 aromatic heterocycles. The summed E-state index contributed by atoms with van der Waals surface area (Å²) in [5.74, 6) is 0.760. The van der Waals surface area contributed by atoms with Gasteiger partial charge in [-0.1, -0.05) is 0 Å². The molecule has 2 rings (SSSR count). The molecule has 5 nitrogen and oxygen atoms in total. The van der Waals surface area contributed by atoms with Crippen molar-refractivity contribution in [3.8, 4) is 5.88 Å². The Labute approximate surface area is 114 Å². The summed E-state index contributed by atoms with van der Waals surface area (Å²) in [5.41, 5.74) is 2.09. The number of ether oxygens (including phenoxy) is 1. The van der Waals surface area contributed by atoms with Crippen LogP contribution >= 0.6 is 15.9 Å². The molecule has 0 spiro atoms. The van der Waals surface area contributed by atoms with Crippen molar-refractivity contribution in [3.63, 3.8) is 0 Å². The molecule has 0 aliphatic rings. The highest BCUT2D eigenvalue weighted by molar-refractivity contribution is 9.10. The Morgan fingerprint density at radius 1 is 1.33 bits per heavy atom. The molecule has 96 valence electrons. The maximum Gasteiger partial charge on any atom is 0.211 e. The van der Waals surface area contributed by atoms with Crippen molar-refractivity contribution < 1.29 is 4.74 Å². The van der Waals surface area contributed by atoms with Gasteiger partial charge in [-0.3, -0.25) is 4.98 Å². The van der Waals surface area contributed by atoms with Crippen LogP contribution in [0.3, 0.4) is 0 Å². The quantitative estimate of drug-likeness (QED) is 0.916. The number of nitrogens with one attached hydrogen (secondary N) is 1. The van der Waals surface area contributed by atoms with Crippen molar-refractivity contribution in [3.05, 3.63) is 40.3 Å². The lowest BCUT2D eigenvalue weighted by atomic mass is 10.3. The molecule has 0 saturated carbocycles. The molecule has 0 aliphatic heterocycles. The molecule has 0 aromatic carbocycles. The molecule has 0 atom stereocenters. The van der Waals surface area contributed by atoms with Crippen molar-refractivity contribution in [1.82, 2.24) is 20.1 Å². The molecule has 1 N–H and O–H groups in total. The zero-order valence-corrected chi connectivity index (χ0v) is 11.9. The van der Waals surface area contributed by atoms with Gasteiger partial charge in [0.05, 0.1) is 12.8 Å². The van der Waals surface area contributed by atoms with E-state index in [9.17, 15) is 0 Å². The van der Waals surface area contributed by atoms with Gasteiger partial charge in [-0.25, -0.2) is 4.68 Å². The lowest BCUT2D eigenvalue weighted by molar-refractivity contribution is 0.373. The zero-order valence-electron chi connectivity index (χ0n) is 10.4. The predicted octanol–water partition coefficient (Wildman–Crippen LogP) is 1.88. The van der Waals surface area contributed by atoms with Gasteiger partial charge >= 0.3 is 0 Å². The zero-order chi connectivity index (χ0) is 13.0. The van der Waals surface area contributed by atoms with E-state index >= 15 is 0 Å². The molecular weight excluding hydrogens is 296 g/mol. The standard InChI is InChI=1S/C12H15BrN4O/c1-17-12(18-2)4-11(16-17)8-15-6-9-3-10(13)7-14-5-9/h3-5,7,15H,6,8H2,1-2H3. The van der Waals surface area contributed by atoms with Crippen LogP contribution in [-0.4, -0.2) is 21.9 Å². The monoisotopic (exact) mass is 310 g/mol. The number of hydrogen-bond acceptors (Lipinski definition) is 4. The van der Waals surface area contributed by atoms with Gasteiger partial charge in [0.25, 0.3) is 0 Å². The Bertz CT molecular complexity index is 527. The van der Waals surface area contributed by atoms with Crippen LogP contribution in [0.2, 0.25) is 0 Å². The van der Waals surface area contributed by atoms with Crippen LogP contribution in [0.5, 0.6) is 5.88 Å². The van der Waals surface area contributed by atoms with Crippen LogP contribution in [0, 0.1) is 0 Å². The van der Waals surface area contributed by atoms with E-state index in [0.29, 0.717) is 6.54 Å². The highest BCUT2D eigenvalue weighted by Crippen LogP contribution is 2.12. The van der Waals surface area contributed by atoms with Gasteiger partial charge in [-0.2, -0.15) is 5.10 Å². The predicted molar refractivity (Wildman–Crippen MR) is 72.2 cm³/mol. The highest BCUT2D eigenvalue weighted by atomic mass is 79.9. The number of pyridine rings is 1. The molecule has 0 aliphatic carbocycles. The number of methoxy groups -OCH3 is 1. The fourth-order valence-corrected chi connectivity index (χ4v) is 2.08. The van der Waals surface area contributed by atoms with Crippen LogP contribution in [0.25, 0.3) is 0 Å². The Balaban J connectivity index is 1.88. The second-order valence-electron chi connectivity index (χ2n) is 3.92. The van der Waals surface area contributed by atoms with Crippen molar-refractivity contribution in [1.29, 1.82) is 0 Å². The topological polar surface area (TPSA) is 52.0 Å². The van der Waals surface area contributed by atoms with Gasteiger partial charge in [0.2, 0.25) is 5.88 Å². The molecule has 18 heavy (non-hydrogen) atoms. The Hall–Kier alpha value is -1.40. The molecule has 6 heteroatoms. The molecule has 0 amide bonds. The number of rotatable bonds is 5. The second-order valence-corrected chi connectivity index (χ2v) is 4.83. The number of aromatic nitrogens is 3. The molecule has 0 unspecified atom stereocenters. The minimum atomic E-state index is 0.698. The van der Waals surface area contributed by atoms with Gasteiger partial charge in [0.15, 0.2) is 0 Å². The minimum absolute atomic E-state index is 0.698. The third kappa shape index (κ3) is 3.30. The van der Waals surface area contributed by atoms with Crippen LogP contribution in [0.1, 0.15) is 11.3 Å². The number of aryl methyl sites for hydroxylation is 1. The average Bonchev–Trinajstić information content (AvgIpc) is 2.70. The summed E-state index contributed by atoms with van der Waals surface area (Å²) >= 11 is 3.40. The summed E-state index contributed by atoms with van der Waals surface area (Å²) in [7, 11) is 3.50. The Morgan fingerprint density at radius 3 is 2.83 bits per heavy atom. The lowest BCUT2D eigenvalue weighted by Gasteiger charge is -2.02. The van der Waals surface area contributed by atoms with Crippen molar-refractivity contribution in [2.45, 2.75) is 13.1 Å². The Morgan fingerprint density at radius 2 is 2.17 bits per heavy atom. The summed E-state index contributed by atoms with van der Waals surface area (Å²) in [5, 5.41) is 7.65. The SMILES string of the molecule is COc1cc(CNCc2cncc(Br)c2)nn1C. The van der Waals surface area contributed by atoms with E-state index in [1.807, 2.05) is 25.4 Å². The summed E-state index contributed by atoms with van der Waals surface area (Å²) in [6.07, 6.45) is 3.61. The molecule has 2 aromatic rings. The normalized spacial score (nSPS) is 10.6. The van der Waals surface area contributed by atoms with Gasteiger partial charge in [-0.05, 0) is 27.6 Å². The number of halogens is 1. The summed E-state index contributed by atoms with van der Waals surface area (Å²) in [6, 6.07) is 3.96. The highest BCUT2D eigenvalue weighted by Gasteiger charge is 2.04. The van der Waals surface area contributed by atoms with E-state index in [1.165, 1.54) is 0 Å². The van der Waals surface area contributed by atoms with Crippen molar-refractivity contribution in [2.75, 3.05) is 7.11 Å². The molecule has 2 heterocycles. The fraction of sp³-hybridized carbons (Fsp3) is 0.333. The molecule has 0 bridgehead atoms. The first kappa shape index (κ1) is 13.0. The van der Waals surface area contributed by atoms with Crippen molar-refractivity contribution in [2.24, 2.45) is 7.05 Å². The maximum absolute atomic E-state index is 5.16. The first-order valence-corrected chi connectivity index (χ1v) is 6.35. The number of nitrogens with zero attached hydrogens (tertiary/aromatic N) is 3. The van der Waals surface area contributed by atoms with Crippen LogP contribution in [0.4, 0.5) is 0 Å². The maximum atomic E-state index is 5.16. The molecule has 0 saturated heterocycles. The van der Waals surface area contributed by atoms with Gasteiger partial charge in [-0.15, -0.1) is 0 Å². The molecular formula is C12H15BrN4O. The van der Waals surface area contributed by atoms with E-state index in [2.05, 4.69) is 31.3 Å². The lowest BCUT2D eigenvalue weighted by Crippen LogP contribution is -2.13. The second kappa shape index (κ2) is 5.97. The van der Waals surface area contributed by atoms with E-state index < -0.39 is 0 Å². The minimum Gasteiger partial charge on any atom is -0.481 e. The fourth-order valence-electron chi connectivity index (χ4n) is 1.67. The third-order valence-corrected chi connectivity index (χ3v) is 2.93. The van der Waals surface area contributed by atoms with Crippen LogP contribution in [0.15, 0.2) is 29.0 Å². The summed E-state index contributed by atoms with van der Waals surface area (Å²) in [4.78, 5) is 4.11. The van der Waals surface area contributed by atoms with Gasteiger partial charge in [0, 0.05) is 43.1 Å². The van der Waals surface area contributed by atoms with Crippen LogP contribution < -0.4 is 10.1 Å². The summed E-state index contributed by atoms with van der Waals surface area (Å²) in [6.45, 7) is 1.45. The smallest absolute Gasteiger partial charge is 0.211 e. The van der Waals surface area contributed by atoms with E-state index in [4.69, 9.17) is 4.74 Å². The third-order valence-electron chi connectivity index (χ3n) is 2.49. The van der Waals surface area contributed by atoms with E-state index in [1.54, 1.807) is 18.0 Å². The van der Waals surface area contributed by atoms with Crippen LogP contribution in [-0.2, 0) is 20.1 Å². The van der Waals surface area contributed by atoms with E-state index in [-0.39, 0.29) is 0 Å². The first-order valence-electron chi connectivity index (χ1n) is 5.56. The van der Waals surface area contributed by atoms with Gasteiger partial charge < -0.3 is 10.1 Å². The average molecular weight is 311 g/mol. The molecule has 0 fully saturated rings. The van der Waals surface area contributed by atoms with E-state index in [0.717, 1.165) is 28.2 Å². The first-order chi connectivity index (χ1) is 8.69. The summed E-state index contributed by atoms with van der Waals surface area (Å²) < 4.78 is 7.87. The van der Waals surface area contributed by atoms with Gasteiger partial charge in [0.1, 0.15) is 0 Å². The van der Waals surface area contributed by atoms with Crippen molar-refractivity contribution >= 4 is 15.9 Å². The molecule has 0 radical (unpaired) electrons. The Kier molecular flexibility index (Phi) is 4.33. The largest absolute Gasteiger partial charge is 0.481 e.